The summed E-state index contributed by atoms with van der Waals surface area (Å²) >= 11 is 0. The van der Waals surface area contributed by atoms with Crippen molar-refractivity contribution in [2.24, 2.45) is 0 Å². The highest BCUT2D eigenvalue weighted by molar-refractivity contribution is 6.03. The number of benzene rings is 1. The highest BCUT2D eigenvalue weighted by Crippen LogP contribution is 2.53. The fourth-order valence-corrected chi connectivity index (χ4v) is 2.10. The maximum Gasteiger partial charge on any atom is 0.388 e. The summed E-state index contributed by atoms with van der Waals surface area (Å²) in [6.45, 7) is 0. The van der Waals surface area contributed by atoms with Gasteiger partial charge in [0.1, 0.15) is 5.75 Å². The second-order valence-electron chi connectivity index (χ2n) is 4.70. The number of amides is 1. The third-order valence-corrected chi connectivity index (χ3v) is 3.14. The average molecular weight is 347 g/mol. The van der Waals surface area contributed by atoms with Gasteiger partial charge in [-0.05, 0) is 12.1 Å². The van der Waals surface area contributed by atoms with Crippen LogP contribution in [0.15, 0.2) is 24.5 Å². The van der Waals surface area contributed by atoms with Gasteiger partial charge in [0.2, 0.25) is 5.95 Å². The van der Waals surface area contributed by atoms with Crippen molar-refractivity contribution >= 4 is 11.6 Å². The van der Waals surface area contributed by atoms with Gasteiger partial charge in [0.05, 0.1) is 16.8 Å². The SMILES string of the molecule is O=C(Nc1cc2c(cc1O)C(F)(F)OC2(F)F)c1nccnc1F. The number of nitrogens with zero attached hydrogens (tertiary/aromatic N) is 2. The minimum Gasteiger partial charge on any atom is -0.506 e. The topological polar surface area (TPSA) is 84.3 Å². The number of ether oxygens (including phenoxy) is 1. The number of fused-ring (bicyclic) bond motifs is 1. The number of phenolic OH excluding ortho intramolecular Hbond substituents is 1. The van der Waals surface area contributed by atoms with E-state index in [1.165, 1.54) is 0 Å². The second kappa shape index (κ2) is 5.09. The summed E-state index contributed by atoms with van der Waals surface area (Å²) in [6, 6.07) is 0.747. The van der Waals surface area contributed by atoms with E-state index in [0.717, 1.165) is 12.4 Å². The van der Waals surface area contributed by atoms with Crippen LogP contribution in [0.3, 0.4) is 0 Å². The number of aromatic hydroxyl groups is 1. The van der Waals surface area contributed by atoms with Crippen LogP contribution in [0.1, 0.15) is 21.6 Å². The summed E-state index contributed by atoms with van der Waals surface area (Å²) < 4.78 is 70.4. The molecule has 24 heavy (non-hydrogen) atoms. The molecular formula is C13H6F5N3O3. The van der Waals surface area contributed by atoms with Crippen LogP contribution in [0, 0.1) is 5.95 Å². The third-order valence-electron chi connectivity index (χ3n) is 3.14. The lowest BCUT2D eigenvalue weighted by molar-refractivity contribution is -0.369. The lowest BCUT2D eigenvalue weighted by Gasteiger charge is -2.11. The number of halogens is 5. The summed E-state index contributed by atoms with van der Waals surface area (Å²) in [5, 5.41) is 11.6. The van der Waals surface area contributed by atoms with Crippen LogP contribution in [0.25, 0.3) is 0 Å². The maximum absolute atomic E-state index is 13.5. The lowest BCUT2D eigenvalue weighted by Crippen LogP contribution is -2.18. The summed E-state index contributed by atoms with van der Waals surface area (Å²) in [7, 11) is 0. The molecule has 0 saturated carbocycles. The lowest BCUT2D eigenvalue weighted by atomic mass is 10.1. The number of hydrogen-bond acceptors (Lipinski definition) is 5. The van der Waals surface area contributed by atoms with Gasteiger partial charge < -0.3 is 10.4 Å². The summed E-state index contributed by atoms with van der Waals surface area (Å²) in [4.78, 5) is 18.4. The Hall–Kier alpha value is -2.82. The Morgan fingerprint density at radius 1 is 1.08 bits per heavy atom. The first-order valence-electron chi connectivity index (χ1n) is 6.23. The van der Waals surface area contributed by atoms with Crippen molar-refractivity contribution in [3.05, 3.63) is 47.3 Å². The van der Waals surface area contributed by atoms with E-state index in [0.29, 0.717) is 12.1 Å². The summed E-state index contributed by atoms with van der Waals surface area (Å²) in [6.07, 6.45) is -6.66. The van der Waals surface area contributed by atoms with E-state index in [1.54, 1.807) is 0 Å². The van der Waals surface area contributed by atoms with E-state index in [2.05, 4.69) is 14.7 Å². The molecule has 1 aromatic carbocycles. The molecule has 2 aromatic rings. The predicted octanol–water partition coefficient (Wildman–Crippen LogP) is 2.70. The Balaban J connectivity index is 2.00. The van der Waals surface area contributed by atoms with Crippen LogP contribution >= 0.6 is 0 Å². The molecule has 0 bridgehead atoms. The molecule has 2 N–H and O–H groups in total. The number of aromatic nitrogens is 2. The second-order valence-corrected chi connectivity index (χ2v) is 4.70. The Labute approximate surface area is 129 Å². The molecule has 0 radical (unpaired) electrons. The molecular weight excluding hydrogens is 341 g/mol. The molecule has 0 atom stereocenters. The van der Waals surface area contributed by atoms with Crippen molar-refractivity contribution in [1.82, 2.24) is 9.97 Å². The van der Waals surface area contributed by atoms with Crippen LogP contribution in [-0.4, -0.2) is 21.0 Å². The molecule has 0 fully saturated rings. The Morgan fingerprint density at radius 3 is 2.29 bits per heavy atom. The molecule has 2 heterocycles. The smallest absolute Gasteiger partial charge is 0.388 e. The third kappa shape index (κ3) is 2.52. The first-order chi connectivity index (χ1) is 11.1. The number of phenols is 1. The number of alkyl halides is 4. The molecule has 0 unspecified atom stereocenters. The van der Waals surface area contributed by atoms with Crippen LogP contribution < -0.4 is 5.32 Å². The van der Waals surface area contributed by atoms with Gasteiger partial charge in [-0.1, -0.05) is 0 Å². The van der Waals surface area contributed by atoms with E-state index >= 15 is 0 Å². The number of nitrogens with one attached hydrogen (secondary N) is 1. The van der Waals surface area contributed by atoms with Crippen LogP contribution in [0.2, 0.25) is 0 Å². The normalized spacial score (nSPS) is 17.4. The Kier molecular flexibility index (Phi) is 3.41. The molecule has 1 aliphatic rings. The number of rotatable bonds is 2. The number of hydrogen-bond donors (Lipinski definition) is 2. The van der Waals surface area contributed by atoms with Gasteiger partial charge in [0.15, 0.2) is 5.69 Å². The van der Waals surface area contributed by atoms with Gasteiger partial charge in [0, 0.05) is 12.4 Å². The molecule has 1 aromatic heterocycles. The largest absolute Gasteiger partial charge is 0.506 e. The van der Waals surface area contributed by atoms with Crippen molar-refractivity contribution in [3.63, 3.8) is 0 Å². The molecule has 0 aliphatic carbocycles. The van der Waals surface area contributed by atoms with Crippen LogP contribution in [0.4, 0.5) is 27.6 Å². The number of anilines is 1. The molecule has 11 heteroatoms. The molecule has 126 valence electrons. The van der Waals surface area contributed by atoms with Gasteiger partial charge in [-0.2, -0.15) is 22.0 Å². The average Bonchev–Trinajstić information content (AvgIpc) is 2.65. The van der Waals surface area contributed by atoms with Gasteiger partial charge in [-0.3, -0.25) is 4.79 Å². The molecule has 3 rings (SSSR count). The minimum atomic E-state index is -4.33. The fraction of sp³-hybridized carbons (Fsp3) is 0.154. The van der Waals surface area contributed by atoms with Gasteiger partial charge >= 0.3 is 12.2 Å². The fourth-order valence-electron chi connectivity index (χ4n) is 2.10. The zero-order chi connectivity index (χ0) is 17.7. The molecule has 1 amide bonds. The quantitative estimate of drug-likeness (QED) is 0.645. The molecule has 0 saturated heterocycles. The van der Waals surface area contributed by atoms with E-state index < -0.39 is 52.3 Å². The van der Waals surface area contributed by atoms with Crippen molar-refractivity contribution in [1.29, 1.82) is 0 Å². The summed E-state index contributed by atoms with van der Waals surface area (Å²) in [5.74, 6) is -3.40. The number of carbonyl (C=O) groups excluding carboxylic acids is 1. The molecule has 1 aliphatic heterocycles. The Morgan fingerprint density at radius 2 is 1.67 bits per heavy atom. The van der Waals surface area contributed by atoms with E-state index in [4.69, 9.17) is 0 Å². The van der Waals surface area contributed by atoms with Crippen molar-refractivity contribution < 1.29 is 36.6 Å². The standard InChI is InChI=1S/C13H6F5N3O3/c14-10-9(19-1-2-20-10)11(23)21-7-3-5-6(4-8(7)22)13(17,18)24-12(5,15)16/h1-4,22H,(H,21,23). The Bertz CT molecular complexity index is 844. The zero-order valence-corrected chi connectivity index (χ0v) is 11.4. The van der Waals surface area contributed by atoms with Gasteiger partial charge in [0.25, 0.3) is 5.91 Å². The zero-order valence-electron chi connectivity index (χ0n) is 11.4. The molecule has 6 nitrogen and oxygen atoms in total. The predicted molar refractivity (Wildman–Crippen MR) is 66.9 cm³/mol. The highest BCUT2D eigenvalue weighted by Gasteiger charge is 2.57. The van der Waals surface area contributed by atoms with Crippen molar-refractivity contribution in [2.75, 3.05) is 5.32 Å². The molecule has 0 spiro atoms. The van der Waals surface area contributed by atoms with Crippen LogP contribution in [0.5, 0.6) is 5.75 Å². The first-order valence-corrected chi connectivity index (χ1v) is 6.23. The van der Waals surface area contributed by atoms with Crippen molar-refractivity contribution in [2.45, 2.75) is 12.2 Å². The highest BCUT2D eigenvalue weighted by atomic mass is 19.3. The van der Waals surface area contributed by atoms with E-state index in [-0.39, 0.29) is 0 Å². The minimum absolute atomic E-state index is 0.332. The van der Waals surface area contributed by atoms with E-state index in [1.807, 2.05) is 5.32 Å². The monoisotopic (exact) mass is 347 g/mol. The van der Waals surface area contributed by atoms with Gasteiger partial charge in [-0.25, -0.2) is 14.7 Å². The van der Waals surface area contributed by atoms with Gasteiger partial charge in [-0.15, -0.1) is 0 Å². The summed E-state index contributed by atoms with van der Waals surface area (Å²) in [5.41, 5.74) is -3.90. The first kappa shape index (κ1) is 16.1. The maximum atomic E-state index is 13.5. The van der Waals surface area contributed by atoms with Crippen molar-refractivity contribution in [3.8, 4) is 5.75 Å². The number of carbonyl (C=O) groups is 1. The van der Waals surface area contributed by atoms with E-state index in [9.17, 15) is 31.9 Å². The van der Waals surface area contributed by atoms with Crippen LogP contribution in [-0.2, 0) is 17.0 Å².